The molecule has 1 aromatic rings. The van der Waals surface area contributed by atoms with Crippen LogP contribution in [-0.4, -0.2) is 22.5 Å². The zero-order valence-corrected chi connectivity index (χ0v) is 9.18. The molecule has 0 atom stereocenters. The molecule has 84 valence electrons. The Morgan fingerprint density at radius 2 is 1.93 bits per heavy atom. The Morgan fingerprint density at radius 3 is 2.33 bits per heavy atom. The fourth-order valence-electron chi connectivity index (χ4n) is 1.20. The topological polar surface area (TPSA) is 37.4 Å². The molecule has 0 aliphatic heterocycles. The van der Waals surface area contributed by atoms with E-state index >= 15 is 0 Å². The van der Waals surface area contributed by atoms with Crippen LogP contribution in [-0.2, 0) is 16.0 Å². The minimum absolute atomic E-state index is 0.0978. The molecule has 0 bridgehead atoms. The molecule has 0 amide bonds. The number of halogens is 2. The van der Waals surface area contributed by atoms with Gasteiger partial charge in [-0.1, -0.05) is 6.07 Å². The van der Waals surface area contributed by atoms with Gasteiger partial charge in [-0.25, -0.2) is 4.39 Å². The SMILES string of the molecule is CN(C)c1ccc(CS(=O)(=O)F)cc1F. The van der Waals surface area contributed by atoms with Gasteiger partial charge >= 0.3 is 10.2 Å². The van der Waals surface area contributed by atoms with Crippen molar-refractivity contribution >= 4 is 15.9 Å². The number of rotatable bonds is 3. The molecule has 0 aliphatic rings. The molecular weight excluding hydrogens is 224 g/mol. The number of hydrogen-bond donors (Lipinski definition) is 0. The van der Waals surface area contributed by atoms with E-state index in [2.05, 4.69) is 0 Å². The van der Waals surface area contributed by atoms with Crippen LogP contribution in [0.2, 0.25) is 0 Å². The zero-order valence-electron chi connectivity index (χ0n) is 8.37. The van der Waals surface area contributed by atoms with E-state index < -0.39 is 21.8 Å². The molecule has 0 spiro atoms. The summed E-state index contributed by atoms with van der Waals surface area (Å²) in [6.45, 7) is 0. The number of anilines is 1. The zero-order chi connectivity index (χ0) is 11.6. The maximum atomic E-state index is 13.3. The van der Waals surface area contributed by atoms with E-state index in [1.807, 2.05) is 0 Å². The van der Waals surface area contributed by atoms with Crippen molar-refractivity contribution in [2.75, 3.05) is 19.0 Å². The van der Waals surface area contributed by atoms with Crippen LogP contribution in [0.15, 0.2) is 18.2 Å². The predicted molar refractivity (Wildman–Crippen MR) is 54.5 cm³/mol. The average molecular weight is 235 g/mol. The van der Waals surface area contributed by atoms with E-state index in [0.717, 1.165) is 6.07 Å². The average Bonchev–Trinajstić information content (AvgIpc) is 1.99. The summed E-state index contributed by atoms with van der Waals surface area (Å²) in [4.78, 5) is 1.54. The quantitative estimate of drug-likeness (QED) is 0.748. The summed E-state index contributed by atoms with van der Waals surface area (Å²) in [7, 11) is -1.29. The fraction of sp³-hybridized carbons (Fsp3) is 0.333. The number of nitrogens with zero attached hydrogens (tertiary/aromatic N) is 1. The van der Waals surface area contributed by atoms with Crippen molar-refractivity contribution in [3.8, 4) is 0 Å². The van der Waals surface area contributed by atoms with Crippen LogP contribution in [0.5, 0.6) is 0 Å². The summed E-state index contributed by atoms with van der Waals surface area (Å²) >= 11 is 0. The second-order valence-corrected chi connectivity index (χ2v) is 4.73. The summed E-state index contributed by atoms with van der Waals surface area (Å²) < 4.78 is 46.3. The van der Waals surface area contributed by atoms with Crippen LogP contribution in [0.3, 0.4) is 0 Å². The van der Waals surface area contributed by atoms with Gasteiger partial charge in [-0.05, 0) is 17.7 Å². The molecule has 1 aromatic carbocycles. The van der Waals surface area contributed by atoms with Gasteiger partial charge < -0.3 is 4.90 Å². The van der Waals surface area contributed by atoms with Crippen molar-refractivity contribution in [1.29, 1.82) is 0 Å². The van der Waals surface area contributed by atoms with E-state index in [9.17, 15) is 16.7 Å². The summed E-state index contributed by atoms with van der Waals surface area (Å²) in [5, 5.41) is 0. The third kappa shape index (κ3) is 3.47. The fourth-order valence-corrected chi connectivity index (χ4v) is 1.78. The highest BCUT2D eigenvalue weighted by Gasteiger charge is 2.11. The highest BCUT2D eigenvalue weighted by atomic mass is 32.3. The van der Waals surface area contributed by atoms with Gasteiger partial charge in [0.1, 0.15) is 11.6 Å². The first-order chi connectivity index (χ1) is 6.79. The Hall–Kier alpha value is -1.17. The monoisotopic (exact) mass is 235 g/mol. The van der Waals surface area contributed by atoms with Gasteiger partial charge in [0.15, 0.2) is 0 Å². The van der Waals surface area contributed by atoms with Crippen LogP contribution < -0.4 is 4.90 Å². The minimum atomic E-state index is -4.61. The minimum Gasteiger partial charge on any atom is -0.375 e. The molecule has 0 fully saturated rings. The lowest BCUT2D eigenvalue weighted by Crippen LogP contribution is -2.11. The second-order valence-electron chi connectivity index (χ2n) is 3.36. The van der Waals surface area contributed by atoms with Gasteiger partial charge in [-0.2, -0.15) is 8.42 Å². The Balaban J connectivity index is 3.02. The van der Waals surface area contributed by atoms with Crippen molar-refractivity contribution in [3.63, 3.8) is 0 Å². The summed E-state index contributed by atoms with van der Waals surface area (Å²) in [5.74, 6) is -1.36. The normalized spacial score (nSPS) is 11.5. The molecule has 0 unspecified atom stereocenters. The largest absolute Gasteiger partial charge is 0.375 e. The molecule has 0 heterocycles. The summed E-state index contributed by atoms with van der Waals surface area (Å²) in [5.41, 5.74) is 0.426. The smallest absolute Gasteiger partial charge is 0.306 e. The van der Waals surface area contributed by atoms with Gasteiger partial charge in [0.25, 0.3) is 0 Å². The molecule has 0 aromatic heterocycles. The van der Waals surface area contributed by atoms with Crippen molar-refractivity contribution in [2.45, 2.75) is 5.75 Å². The Kier molecular flexibility index (Phi) is 3.28. The Labute approximate surface area is 87.5 Å². The lowest BCUT2D eigenvalue weighted by Gasteiger charge is -2.13. The molecule has 15 heavy (non-hydrogen) atoms. The van der Waals surface area contributed by atoms with Gasteiger partial charge in [0.2, 0.25) is 0 Å². The highest BCUT2D eigenvalue weighted by molar-refractivity contribution is 7.85. The summed E-state index contributed by atoms with van der Waals surface area (Å²) in [6.07, 6.45) is 0. The van der Waals surface area contributed by atoms with Crippen LogP contribution in [0.4, 0.5) is 14.0 Å². The first-order valence-electron chi connectivity index (χ1n) is 4.17. The Morgan fingerprint density at radius 1 is 1.33 bits per heavy atom. The van der Waals surface area contributed by atoms with E-state index in [4.69, 9.17) is 0 Å². The van der Waals surface area contributed by atoms with Crippen molar-refractivity contribution in [1.82, 2.24) is 0 Å². The highest BCUT2D eigenvalue weighted by Crippen LogP contribution is 2.19. The number of hydrogen-bond acceptors (Lipinski definition) is 3. The molecule has 0 radical (unpaired) electrons. The lowest BCUT2D eigenvalue weighted by molar-refractivity contribution is 0.551. The van der Waals surface area contributed by atoms with Gasteiger partial charge in [0, 0.05) is 14.1 Å². The molecule has 0 saturated heterocycles. The summed E-state index contributed by atoms with van der Waals surface area (Å²) in [6, 6.07) is 3.82. The van der Waals surface area contributed by atoms with E-state index in [1.165, 1.54) is 12.1 Å². The van der Waals surface area contributed by atoms with Crippen LogP contribution in [0, 0.1) is 5.82 Å². The van der Waals surface area contributed by atoms with E-state index in [-0.39, 0.29) is 5.56 Å². The molecule has 0 saturated carbocycles. The van der Waals surface area contributed by atoms with Crippen LogP contribution >= 0.6 is 0 Å². The van der Waals surface area contributed by atoms with Crippen molar-refractivity contribution in [3.05, 3.63) is 29.6 Å². The van der Waals surface area contributed by atoms with Crippen LogP contribution in [0.1, 0.15) is 5.56 Å². The van der Waals surface area contributed by atoms with Crippen molar-refractivity contribution < 1.29 is 16.7 Å². The lowest BCUT2D eigenvalue weighted by atomic mass is 10.2. The number of benzene rings is 1. The molecule has 0 aliphatic carbocycles. The van der Waals surface area contributed by atoms with Crippen molar-refractivity contribution in [2.24, 2.45) is 0 Å². The van der Waals surface area contributed by atoms with Gasteiger partial charge in [-0.3, -0.25) is 0 Å². The van der Waals surface area contributed by atoms with E-state index in [1.54, 1.807) is 19.0 Å². The Bertz CT molecular complexity index is 457. The first-order valence-corrected chi connectivity index (χ1v) is 5.73. The third-order valence-corrected chi connectivity index (χ3v) is 2.51. The van der Waals surface area contributed by atoms with Gasteiger partial charge in [0.05, 0.1) is 5.69 Å². The van der Waals surface area contributed by atoms with E-state index in [0.29, 0.717) is 5.69 Å². The molecular formula is C9H11F2NO2S. The molecule has 0 N–H and O–H groups in total. The second kappa shape index (κ2) is 4.14. The standard InChI is InChI=1S/C9H11F2NO2S/c1-12(2)9-4-3-7(5-8(9)10)6-15(11,13)14/h3-5H,6H2,1-2H3. The first kappa shape index (κ1) is 11.9. The third-order valence-electron chi connectivity index (χ3n) is 1.83. The maximum absolute atomic E-state index is 13.3. The molecule has 6 heteroatoms. The predicted octanol–water partition coefficient (Wildman–Crippen LogP) is 1.69. The molecule has 3 nitrogen and oxygen atoms in total. The molecule has 1 rings (SSSR count). The van der Waals surface area contributed by atoms with Gasteiger partial charge in [-0.15, -0.1) is 3.89 Å². The maximum Gasteiger partial charge on any atom is 0.306 e. The van der Waals surface area contributed by atoms with Crippen LogP contribution in [0.25, 0.3) is 0 Å².